The van der Waals surface area contributed by atoms with Crippen LogP contribution in [-0.4, -0.2) is 10.6 Å². The molecule has 3 heteroatoms. The van der Waals surface area contributed by atoms with E-state index in [2.05, 4.69) is 4.98 Å². The third kappa shape index (κ3) is 3.42. The highest BCUT2D eigenvalue weighted by molar-refractivity contribution is 5.16. The molecule has 0 saturated carbocycles. The fraction of sp³-hybridized carbons (Fsp3) is 0.500. The van der Waals surface area contributed by atoms with Crippen molar-refractivity contribution in [2.75, 3.05) is 0 Å². The van der Waals surface area contributed by atoms with Crippen LogP contribution in [0.4, 0.5) is 0 Å². The number of nitrogens with zero attached hydrogens (tertiary/aromatic N) is 1. The summed E-state index contributed by atoms with van der Waals surface area (Å²) in [6.07, 6.45) is 0. The van der Waals surface area contributed by atoms with Crippen LogP contribution in [0.15, 0.2) is 18.2 Å². The predicted molar refractivity (Wildman–Crippen MR) is 52.5 cm³/mol. The van der Waals surface area contributed by atoms with Crippen molar-refractivity contribution in [1.29, 1.82) is 0 Å². The molecule has 0 bridgehead atoms. The molecule has 0 aliphatic rings. The first kappa shape index (κ1) is 9.99. The molecule has 0 atom stereocenters. The Balaban J connectivity index is 2.78. The second-order valence-corrected chi connectivity index (χ2v) is 3.89. The summed E-state index contributed by atoms with van der Waals surface area (Å²) < 4.78 is 5.58. The third-order valence-corrected chi connectivity index (χ3v) is 1.40. The number of hydrogen-bond donors (Lipinski definition) is 1. The Morgan fingerprint density at radius 2 is 2.08 bits per heavy atom. The normalized spacial score (nSPS) is 11.4. The van der Waals surface area contributed by atoms with Gasteiger partial charge in [-0.2, -0.15) is 0 Å². The van der Waals surface area contributed by atoms with Crippen LogP contribution in [-0.2, 0) is 6.54 Å². The molecule has 72 valence electrons. The van der Waals surface area contributed by atoms with Crippen molar-refractivity contribution in [1.82, 2.24) is 4.98 Å². The van der Waals surface area contributed by atoms with Crippen molar-refractivity contribution in [3.05, 3.63) is 23.9 Å². The highest BCUT2D eigenvalue weighted by Crippen LogP contribution is 2.14. The van der Waals surface area contributed by atoms with E-state index in [1.54, 1.807) is 0 Å². The molecule has 0 radical (unpaired) electrons. The van der Waals surface area contributed by atoms with E-state index in [0.29, 0.717) is 12.4 Å². The summed E-state index contributed by atoms with van der Waals surface area (Å²) in [5.74, 6) is 0.635. The van der Waals surface area contributed by atoms with Crippen LogP contribution in [0.3, 0.4) is 0 Å². The summed E-state index contributed by atoms with van der Waals surface area (Å²) in [5.41, 5.74) is 6.11. The van der Waals surface area contributed by atoms with Gasteiger partial charge in [0.2, 0.25) is 5.88 Å². The third-order valence-electron chi connectivity index (χ3n) is 1.40. The smallest absolute Gasteiger partial charge is 0.213 e. The van der Waals surface area contributed by atoms with Gasteiger partial charge in [-0.25, -0.2) is 4.98 Å². The van der Waals surface area contributed by atoms with Crippen molar-refractivity contribution in [3.8, 4) is 5.88 Å². The molecule has 0 aromatic carbocycles. The van der Waals surface area contributed by atoms with Gasteiger partial charge in [0.25, 0.3) is 0 Å². The predicted octanol–water partition coefficient (Wildman–Crippen LogP) is 1.72. The molecular weight excluding hydrogens is 164 g/mol. The van der Waals surface area contributed by atoms with Gasteiger partial charge in [-0.3, -0.25) is 0 Å². The Labute approximate surface area is 78.9 Å². The molecule has 2 N–H and O–H groups in total. The maximum atomic E-state index is 5.58. The average Bonchev–Trinajstić information content (AvgIpc) is 2.01. The van der Waals surface area contributed by atoms with E-state index in [0.717, 1.165) is 5.69 Å². The quantitative estimate of drug-likeness (QED) is 0.753. The van der Waals surface area contributed by atoms with E-state index in [1.165, 1.54) is 0 Å². The first-order chi connectivity index (χ1) is 6.01. The molecule has 1 heterocycles. The van der Waals surface area contributed by atoms with Crippen LogP contribution < -0.4 is 10.5 Å². The zero-order valence-corrected chi connectivity index (χ0v) is 8.37. The van der Waals surface area contributed by atoms with Gasteiger partial charge in [0.05, 0.1) is 5.69 Å². The summed E-state index contributed by atoms with van der Waals surface area (Å²) in [4.78, 5) is 4.23. The lowest BCUT2D eigenvalue weighted by Gasteiger charge is -2.20. The van der Waals surface area contributed by atoms with Crippen molar-refractivity contribution in [3.63, 3.8) is 0 Å². The number of rotatable bonds is 2. The average molecular weight is 180 g/mol. The van der Waals surface area contributed by atoms with Gasteiger partial charge in [-0.05, 0) is 26.8 Å². The highest BCUT2D eigenvalue weighted by atomic mass is 16.5. The van der Waals surface area contributed by atoms with Crippen LogP contribution >= 0.6 is 0 Å². The maximum Gasteiger partial charge on any atom is 0.213 e. The Morgan fingerprint density at radius 3 is 2.62 bits per heavy atom. The molecule has 1 aromatic rings. The van der Waals surface area contributed by atoms with E-state index in [1.807, 2.05) is 39.0 Å². The topological polar surface area (TPSA) is 48.1 Å². The van der Waals surface area contributed by atoms with Gasteiger partial charge in [-0.15, -0.1) is 0 Å². The van der Waals surface area contributed by atoms with Gasteiger partial charge in [0.15, 0.2) is 0 Å². The molecule has 0 aliphatic carbocycles. The van der Waals surface area contributed by atoms with Crippen molar-refractivity contribution in [2.45, 2.75) is 32.9 Å². The monoisotopic (exact) mass is 180 g/mol. The number of pyridine rings is 1. The second kappa shape index (κ2) is 3.75. The van der Waals surface area contributed by atoms with Gasteiger partial charge >= 0.3 is 0 Å². The van der Waals surface area contributed by atoms with Crippen LogP contribution in [0.1, 0.15) is 26.5 Å². The Bertz CT molecular complexity index is 278. The number of nitrogens with two attached hydrogens (primary N) is 1. The lowest BCUT2D eigenvalue weighted by atomic mass is 10.2. The van der Waals surface area contributed by atoms with Crippen LogP contribution in [0, 0.1) is 0 Å². The van der Waals surface area contributed by atoms with E-state index in [-0.39, 0.29) is 5.60 Å². The summed E-state index contributed by atoms with van der Waals surface area (Å²) in [6, 6.07) is 5.62. The molecule has 0 unspecified atom stereocenters. The van der Waals surface area contributed by atoms with Crippen molar-refractivity contribution < 1.29 is 4.74 Å². The Kier molecular flexibility index (Phi) is 2.88. The molecule has 3 nitrogen and oxygen atoms in total. The standard InChI is InChI=1S/C10H16N2O/c1-10(2,3)13-9-6-4-5-8(7-11)12-9/h4-6H,7,11H2,1-3H3. The Hall–Kier alpha value is -1.09. The zero-order valence-electron chi connectivity index (χ0n) is 8.37. The van der Waals surface area contributed by atoms with Crippen LogP contribution in [0.2, 0.25) is 0 Å². The van der Waals surface area contributed by atoms with Gasteiger partial charge in [0, 0.05) is 12.6 Å². The van der Waals surface area contributed by atoms with E-state index >= 15 is 0 Å². The second-order valence-electron chi connectivity index (χ2n) is 3.89. The van der Waals surface area contributed by atoms with Gasteiger partial charge < -0.3 is 10.5 Å². The minimum atomic E-state index is -0.208. The molecule has 0 aliphatic heterocycles. The van der Waals surface area contributed by atoms with Gasteiger partial charge in [-0.1, -0.05) is 6.07 Å². The van der Waals surface area contributed by atoms with Gasteiger partial charge in [0.1, 0.15) is 5.60 Å². The molecule has 1 aromatic heterocycles. The summed E-state index contributed by atoms with van der Waals surface area (Å²) in [5, 5.41) is 0. The molecule has 0 saturated heterocycles. The minimum absolute atomic E-state index is 0.208. The molecule has 13 heavy (non-hydrogen) atoms. The lowest BCUT2D eigenvalue weighted by Crippen LogP contribution is -2.23. The van der Waals surface area contributed by atoms with Crippen LogP contribution in [0.25, 0.3) is 0 Å². The zero-order chi connectivity index (χ0) is 9.90. The van der Waals surface area contributed by atoms with E-state index in [4.69, 9.17) is 10.5 Å². The molecule has 0 fully saturated rings. The molecule has 0 amide bonds. The van der Waals surface area contributed by atoms with E-state index in [9.17, 15) is 0 Å². The molecular formula is C10H16N2O. The first-order valence-corrected chi connectivity index (χ1v) is 4.36. The highest BCUT2D eigenvalue weighted by Gasteiger charge is 2.12. The van der Waals surface area contributed by atoms with Crippen molar-refractivity contribution >= 4 is 0 Å². The summed E-state index contributed by atoms with van der Waals surface area (Å²) >= 11 is 0. The molecule has 1 rings (SSSR count). The number of ether oxygens (including phenoxy) is 1. The summed E-state index contributed by atoms with van der Waals surface area (Å²) in [6.45, 7) is 6.42. The Morgan fingerprint density at radius 1 is 1.38 bits per heavy atom. The largest absolute Gasteiger partial charge is 0.472 e. The van der Waals surface area contributed by atoms with Crippen molar-refractivity contribution in [2.24, 2.45) is 5.73 Å². The fourth-order valence-corrected chi connectivity index (χ4v) is 0.942. The lowest BCUT2D eigenvalue weighted by molar-refractivity contribution is 0.124. The molecule has 0 spiro atoms. The minimum Gasteiger partial charge on any atom is -0.472 e. The fourth-order valence-electron chi connectivity index (χ4n) is 0.942. The SMILES string of the molecule is CC(C)(C)Oc1cccc(CN)n1. The van der Waals surface area contributed by atoms with E-state index < -0.39 is 0 Å². The van der Waals surface area contributed by atoms with Crippen LogP contribution in [0.5, 0.6) is 5.88 Å². The summed E-state index contributed by atoms with van der Waals surface area (Å²) in [7, 11) is 0. The number of hydrogen-bond acceptors (Lipinski definition) is 3. The first-order valence-electron chi connectivity index (χ1n) is 4.36. The number of aromatic nitrogens is 1. The maximum absolute atomic E-state index is 5.58.